The summed E-state index contributed by atoms with van der Waals surface area (Å²) in [7, 11) is 0. The minimum absolute atomic E-state index is 0.147. The molecule has 0 N–H and O–H groups in total. The lowest BCUT2D eigenvalue weighted by molar-refractivity contribution is 1.05. The number of fused-ring (bicyclic) bond motifs is 5. The molecule has 0 atom stereocenters. The van der Waals surface area contributed by atoms with Crippen molar-refractivity contribution in [2.45, 2.75) is 0 Å². The third-order valence-corrected chi connectivity index (χ3v) is 6.25. The molecule has 3 nitrogen and oxygen atoms in total. The summed E-state index contributed by atoms with van der Waals surface area (Å²) in [6.07, 6.45) is 3.27. The third kappa shape index (κ3) is 2.69. The molecular formula is C30H19N3. The van der Waals surface area contributed by atoms with Crippen LogP contribution in [0.5, 0.6) is 0 Å². The summed E-state index contributed by atoms with van der Waals surface area (Å²) in [6.45, 7) is 0. The van der Waals surface area contributed by atoms with Crippen LogP contribution in [0.1, 0.15) is 6.85 Å². The highest BCUT2D eigenvalue weighted by Crippen LogP contribution is 2.38. The lowest BCUT2D eigenvalue weighted by Gasteiger charge is -2.14. The average Bonchev–Trinajstić information content (AvgIpc) is 3.27. The Kier molecular flexibility index (Phi) is 2.93. The maximum absolute atomic E-state index is 8.52. The summed E-state index contributed by atoms with van der Waals surface area (Å²) in [6, 6.07) is 23.0. The molecule has 0 aliphatic carbocycles. The summed E-state index contributed by atoms with van der Waals surface area (Å²) < 4.78 is 43.5. The first-order chi connectivity index (χ1) is 18.5. The molecule has 2 aromatic heterocycles. The molecule has 0 spiro atoms. The topological polar surface area (TPSA) is 30.7 Å². The van der Waals surface area contributed by atoms with Crippen molar-refractivity contribution in [1.82, 2.24) is 14.8 Å². The molecular weight excluding hydrogens is 402 g/mol. The highest BCUT2D eigenvalue weighted by Gasteiger charge is 2.16. The van der Waals surface area contributed by atoms with E-state index in [1.165, 1.54) is 0 Å². The Bertz CT molecular complexity index is 2070. The van der Waals surface area contributed by atoms with Gasteiger partial charge in [-0.15, -0.1) is 0 Å². The fourth-order valence-electron chi connectivity index (χ4n) is 4.79. The van der Waals surface area contributed by atoms with E-state index in [1.807, 2.05) is 36.4 Å². The van der Waals surface area contributed by atoms with Crippen molar-refractivity contribution in [3.8, 4) is 16.8 Å². The van der Waals surface area contributed by atoms with Crippen LogP contribution in [-0.4, -0.2) is 14.8 Å². The van der Waals surface area contributed by atoms with Crippen LogP contribution in [0, 0.1) is 0 Å². The number of nitrogens with zero attached hydrogens (tertiary/aromatic N) is 3. The van der Waals surface area contributed by atoms with Crippen LogP contribution in [0.25, 0.3) is 60.2 Å². The fourth-order valence-corrected chi connectivity index (χ4v) is 4.79. The number of hydrogen-bond donors (Lipinski definition) is 0. The minimum atomic E-state index is -0.415. The van der Waals surface area contributed by atoms with E-state index < -0.39 is 6.04 Å². The van der Waals surface area contributed by atoms with Crippen LogP contribution in [0.3, 0.4) is 0 Å². The van der Waals surface area contributed by atoms with Crippen molar-refractivity contribution < 1.29 is 6.85 Å². The first-order valence-corrected chi connectivity index (χ1v) is 10.7. The fraction of sp³-hybridized carbons (Fsp3) is 0. The van der Waals surface area contributed by atoms with E-state index >= 15 is 0 Å². The average molecular weight is 427 g/mol. The molecule has 5 aromatic carbocycles. The van der Waals surface area contributed by atoms with E-state index in [2.05, 4.69) is 51.2 Å². The van der Waals surface area contributed by atoms with Crippen LogP contribution in [0.15, 0.2) is 115 Å². The highest BCUT2D eigenvalue weighted by atomic mass is 15.1. The molecule has 0 bridgehead atoms. The third-order valence-electron chi connectivity index (χ3n) is 6.25. The maximum Gasteiger partial charge on any atom is 0.0629 e. The number of para-hydroxylation sites is 1. The Labute approximate surface area is 197 Å². The first-order valence-electron chi connectivity index (χ1n) is 13.2. The zero-order valence-corrected chi connectivity index (χ0v) is 17.4. The zero-order valence-electron chi connectivity index (χ0n) is 22.4. The van der Waals surface area contributed by atoms with Gasteiger partial charge in [-0.2, -0.15) is 10.2 Å². The molecule has 3 heteroatoms. The lowest BCUT2D eigenvalue weighted by atomic mass is 9.99. The second kappa shape index (κ2) is 7.01. The molecule has 0 aliphatic rings. The largest absolute Gasteiger partial charge is 0.309 e. The summed E-state index contributed by atoms with van der Waals surface area (Å²) in [5, 5.41) is 14.2. The number of hydrogen-bond acceptors (Lipinski definition) is 2. The van der Waals surface area contributed by atoms with Crippen LogP contribution in [0.4, 0.5) is 0 Å². The summed E-state index contributed by atoms with van der Waals surface area (Å²) in [5.74, 6) is 0. The van der Waals surface area contributed by atoms with Gasteiger partial charge in [0, 0.05) is 21.5 Å². The Morgan fingerprint density at radius 3 is 2.18 bits per heavy atom. The Hall–Kier alpha value is -4.50. The Morgan fingerprint density at radius 2 is 1.33 bits per heavy atom. The normalized spacial score (nSPS) is 13.8. The second-order valence-electron chi connectivity index (χ2n) is 8.02. The first kappa shape index (κ1) is 13.8. The van der Waals surface area contributed by atoms with E-state index in [-0.39, 0.29) is 29.7 Å². The van der Waals surface area contributed by atoms with E-state index in [1.54, 1.807) is 12.4 Å². The second-order valence-corrected chi connectivity index (χ2v) is 8.02. The van der Waals surface area contributed by atoms with Crippen molar-refractivity contribution in [3.63, 3.8) is 0 Å². The van der Waals surface area contributed by atoms with E-state index in [9.17, 15) is 0 Å². The summed E-state index contributed by atoms with van der Waals surface area (Å²) in [5.41, 5.74) is 3.60. The van der Waals surface area contributed by atoms with Gasteiger partial charge >= 0.3 is 0 Å². The predicted molar refractivity (Wildman–Crippen MR) is 137 cm³/mol. The monoisotopic (exact) mass is 426 g/mol. The van der Waals surface area contributed by atoms with Gasteiger partial charge in [0.25, 0.3) is 0 Å². The SMILES string of the molecule is [2H]c1c([2H])c([2H])c(-c2ccc(-n3c4ccccc4c4cc5ccccc5cc43)c3cnncc23)c([2H])c1[2H]. The van der Waals surface area contributed by atoms with Gasteiger partial charge in [-0.1, -0.05) is 78.7 Å². The molecule has 0 saturated heterocycles. The van der Waals surface area contributed by atoms with Crippen molar-refractivity contribution in [1.29, 1.82) is 0 Å². The molecule has 0 saturated carbocycles. The smallest absolute Gasteiger partial charge is 0.0629 e. The molecule has 7 rings (SSSR count). The number of benzene rings is 5. The van der Waals surface area contributed by atoms with Gasteiger partial charge < -0.3 is 4.57 Å². The van der Waals surface area contributed by atoms with Gasteiger partial charge in [0.05, 0.1) is 36.0 Å². The molecule has 2 heterocycles. The van der Waals surface area contributed by atoms with Gasteiger partial charge in [-0.25, -0.2) is 0 Å². The molecule has 7 aromatic rings. The maximum atomic E-state index is 8.52. The molecule has 154 valence electrons. The Morgan fingerprint density at radius 1 is 0.606 bits per heavy atom. The van der Waals surface area contributed by atoms with E-state index in [0.29, 0.717) is 10.9 Å². The molecule has 0 unspecified atom stereocenters. The summed E-state index contributed by atoms with van der Waals surface area (Å²) in [4.78, 5) is 0. The van der Waals surface area contributed by atoms with Crippen LogP contribution < -0.4 is 0 Å². The van der Waals surface area contributed by atoms with Gasteiger partial charge in [-0.05, 0) is 46.2 Å². The molecule has 0 radical (unpaired) electrons. The van der Waals surface area contributed by atoms with Crippen LogP contribution in [0.2, 0.25) is 0 Å². The molecule has 0 amide bonds. The lowest BCUT2D eigenvalue weighted by Crippen LogP contribution is -1.97. The van der Waals surface area contributed by atoms with Gasteiger partial charge in [0.1, 0.15) is 0 Å². The Balaban J connectivity index is 1.60. The van der Waals surface area contributed by atoms with Crippen molar-refractivity contribution in [2.24, 2.45) is 0 Å². The quantitative estimate of drug-likeness (QED) is 0.286. The predicted octanol–water partition coefficient (Wildman–Crippen LogP) is 7.55. The standard InChI is InChI=1S/C30H19N3/c1-2-8-20(9-3-1)23-14-15-29(27-19-32-31-18-26(23)27)33-28-13-7-6-12-24(28)25-16-21-10-4-5-11-22(21)17-30(25)33/h1-19H/i1D,2D,3D,8D,9D. The highest BCUT2D eigenvalue weighted by molar-refractivity contribution is 6.15. The van der Waals surface area contributed by atoms with Gasteiger partial charge in [0.15, 0.2) is 0 Å². The zero-order chi connectivity index (χ0) is 26.1. The minimum Gasteiger partial charge on any atom is -0.309 e. The number of aromatic nitrogens is 3. The van der Waals surface area contributed by atoms with Crippen molar-refractivity contribution in [3.05, 3.63) is 115 Å². The molecule has 33 heavy (non-hydrogen) atoms. The van der Waals surface area contributed by atoms with E-state index in [4.69, 9.17) is 6.85 Å². The van der Waals surface area contributed by atoms with Crippen LogP contribution in [-0.2, 0) is 0 Å². The molecule has 0 fully saturated rings. The molecule has 0 aliphatic heterocycles. The van der Waals surface area contributed by atoms with Crippen molar-refractivity contribution in [2.75, 3.05) is 0 Å². The van der Waals surface area contributed by atoms with Crippen molar-refractivity contribution >= 4 is 43.4 Å². The van der Waals surface area contributed by atoms with Gasteiger partial charge in [-0.3, -0.25) is 0 Å². The van der Waals surface area contributed by atoms with Crippen LogP contribution >= 0.6 is 0 Å². The summed E-state index contributed by atoms with van der Waals surface area (Å²) >= 11 is 0. The van der Waals surface area contributed by atoms with Gasteiger partial charge in [0.2, 0.25) is 0 Å². The number of rotatable bonds is 2. The van der Waals surface area contributed by atoms with E-state index in [0.717, 1.165) is 43.7 Å².